The minimum Gasteiger partial charge on any atom is -0.311 e. The Bertz CT molecular complexity index is 475. The molecule has 3 unspecified atom stereocenters. The second kappa shape index (κ2) is 6.41. The number of halogens is 1. The number of hydrogen-bond acceptors (Lipinski definition) is 3. The summed E-state index contributed by atoms with van der Waals surface area (Å²) < 4.78 is 13.4. The van der Waals surface area contributed by atoms with Gasteiger partial charge in [-0.15, -0.1) is 0 Å². The summed E-state index contributed by atoms with van der Waals surface area (Å²) in [6.45, 7) is 7.52. The molecule has 116 valence electrons. The van der Waals surface area contributed by atoms with Crippen molar-refractivity contribution in [2.45, 2.75) is 51.7 Å². The Morgan fingerprint density at radius 3 is 2.90 bits per heavy atom. The highest BCUT2D eigenvalue weighted by atomic mass is 19.1. The molecule has 3 rings (SSSR count). The van der Waals surface area contributed by atoms with Crippen molar-refractivity contribution in [2.75, 3.05) is 13.1 Å². The summed E-state index contributed by atoms with van der Waals surface area (Å²) in [5.41, 5.74) is 0.991. The zero-order valence-electron chi connectivity index (χ0n) is 13.1. The Labute approximate surface area is 126 Å². The molecule has 3 nitrogen and oxygen atoms in total. The molecule has 2 fully saturated rings. The lowest BCUT2D eigenvalue weighted by atomic mass is 9.94. The molecule has 0 amide bonds. The van der Waals surface area contributed by atoms with Gasteiger partial charge in [0.25, 0.3) is 0 Å². The van der Waals surface area contributed by atoms with Crippen LogP contribution >= 0.6 is 0 Å². The fourth-order valence-electron chi connectivity index (χ4n) is 3.42. The molecular formula is C17H26FN3. The standard InChI is InChI=1S/C17H26FN3/c1-3-12(2)16-11-21(17(9-20-16)14-4-5-14)10-13-6-15(18)8-19-7-13/h6-8,12,14,16-17,20H,3-5,9-11H2,1-2H3. The van der Waals surface area contributed by atoms with Gasteiger partial charge in [-0.1, -0.05) is 20.3 Å². The minimum atomic E-state index is -0.232. The fourth-order valence-corrected chi connectivity index (χ4v) is 3.42. The molecule has 1 aromatic heterocycles. The molecule has 0 aromatic carbocycles. The minimum absolute atomic E-state index is 0.232. The van der Waals surface area contributed by atoms with Crippen molar-refractivity contribution in [3.05, 3.63) is 29.8 Å². The summed E-state index contributed by atoms with van der Waals surface area (Å²) in [6.07, 6.45) is 6.96. The van der Waals surface area contributed by atoms with Gasteiger partial charge in [0.15, 0.2) is 0 Å². The van der Waals surface area contributed by atoms with Crippen molar-refractivity contribution in [3.63, 3.8) is 0 Å². The second-order valence-corrected chi connectivity index (χ2v) is 6.75. The number of piperazine rings is 1. The molecule has 0 radical (unpaired) electrons. The van der Waals surface area contributed by atoms with Crippen molar-refractivity contribution in [2.24, 2.45) is 11.8 Å². The third-order valence-corrected chi connectivity index (χ3v) is 5.13. The maximum Gasteiger partial charge on any atom is 0.141 e. The average Bonchev–Trinajstić information content (AvgIpc) is 3.31. The molecule has 2 heterocycles. The molecule has 3 atom stereocenters. The highest BCUT2D eigenvalue weighted by Gasteiger charge is 2.39. The van der Waals surface area contributed by atoms with Crippen LogP contribution in [0.4, 0.5) is 4.39 Å². The maximum atomic E-state index is 13.4. The van der Waals surface area contributed by atoms with Crippen molar-refractivity contribution in [1.29, 1.82) is 0 Å². The first-order valence-corrected chi connectivity index (χ1v) is 8.24. The topological polar surface area (TPSA) is 28.2 Å². The first-order chi connectivity index (χ1) is 10.2. The van der Waals surface area contributed by atoms with Crippen LogP contribution in [0.15, 0.2) is 18.5 Å². The highest BCUT2D eigenvalue weighted by molar-refractivity contribution is 5.11. The van der Waals surface area contributed by atoms with E-state index in [4.69, 9.17) is 0 Å². The van der Waals surface area contributed by atoms with Crippen LogP contribution in [0.1, 0.15) is 38.7 Å². The van der Waals surface area contributed by atoms with Crippen molar-refractivity contribution in [3.8, 4) is 0 Å². The number of aromatic nitrogens is 1. The molecule has 1 saturated carbocycles. The van der Waals surface area contributed by atoms with E-state index in [0.717, 1.165) is 31.1 Å². The van der Waals surface area contributed by atoms with Gasteiger partial charge in [-0.2, -0.15) is 0 Å². The molecule has 1 saturated heterocycles. The normalized spacial score (nSPS) is 28.5. The Morgan fingerprint density at radius 1 is 1.43 bits per heavy atom. The Kier molecular flexibility index (Phi) is 4.55. The fraction of sp³-hybridized carbons (Fsp3) is 0.706. The zero-order chi connectivity index (χ0) is 14.8. The average molecular weight is 291 g/mol. The van der Waals surface area contributed by atoms with Gasteiger partial charge in [0.1, 0.15) is 5.82 Å². The van der Waals surface area contributed by atoms with Gasteiger partial charge in [0, 0.05) is 37.9 Å². The van der Waals surface area contributed by atoms with E-state index in [9.17, 15) is 4.39 Å². The lowest BCUT2D eigenvalue weighted by Crippen LogP contribution is -2.58. The number of nitrogens with one attached hydrogen (secondary N) is 1. The summed E-state index contributed by atoms with van der Waals surface area (Å²) in [4.78, 5) is 6.55. The molecule has 1 N–H and O–H groups in total. The Morgan fingerprint density at radius 2 is 2.24 bits per heavy atom. The largest absolute Gasteiger partial charge is 0.311 e. The van der Waals surface area contributed by atoms with Crippen LogP contribution in [0.2, 0.25) is 0 Å². The SMILES string of the molecule is CCC(C)C1CN(Cc2cncc(F)c2)C(C2CC2)CN1. The van der Waals surface area contributed by atoms with Crippen LogP contribution in [-0.2, 0) is 6.54 Å². The lowest BCUT2D eigenvalue weighted by Gasteiger charge is -2.42. The van der Waals surface area contributed by atoms with Gasteiger partial charge >= 0.3 is 0 Å². The summed E-state index contributed by atoms with van der Waals surface area (Å²) in [5.74, 6) is 1.28. The van der Waals surface area contributed by atoms with Crippen molar-refractivity contribution < 1.29 is 4.39 Å². The molecule has 2 aliphatic rings. The molecule has 4 heteroatoms. The maximum absolute atomic E-state index is 13.4. The molecule has 21 heavy (non-hydrogen) atoms. The predicted molar refractivity (Wildman–Crippen MR) is 82.4 cm³/mol. The van der Waals surface area contributed by atoms with Gasteiger partial charge < -0.3 is 5.32 Å². The number of rotatable bonds is 5. The second-order valence-electron chi connectivity index (χ2n) is 6.75. The number of hydrogen-bond donors (Lipinski definition) is 1. The van der Waals surface area contributed by atoms with Crippen molar-refractivity contribution in [1.82, 2.24) is 15.2 Å². The van der Waals surface area contributed by atoms with Gasteiger partial charge in [-0.3, -0.25) is 9.88 Å². The van der Waals surface area contributed by atoms with E-state index in [2.05, 4.69) is 29.0 Å². The quantitative estimate of drug-likeness (QED) is 0.904. The van der Waals surface area contributed by atoms with Crippen molar-refractivity contribution >= 4 is 0 Å². The van der Waals surface area contributed by atoms with Crippen LogP contribution in [0.5, 0.6) is 0 Å². The third kappa shape index (κ3) is 3.61. The van der Waals surface area contributed by atoms with Gasteiger partial charge in [0.2, 0.25) is 0 Å². The lowest BCUT2D eigenvalue weighted by molar-refractivity contribution is 0.0889. The van der Waals surface area contributed by atoms with Crippen LogP contribution in [-0.4, -0.2) is 35.1 Å². The molecule has 1 aliphatic carbocycles. The van der Waals surface area contributed by atoms with E-state index in [1.807, 2.05) is 0 Å². The van der Waals surface area contributed by atoms with Crippen LogP contribution < -0.4 is 5.32 Å². The predicted octanol–water partition coefficient (Wildman–Crippen LogP) is 2.82. The summed E-state index contributed by atoms with van der Waals surface area (Å²) >= 11 is 0. The van der Waals surface area contributed by atoms with E-state index in [0.29, 0.717) is 18.0 Å². The molecule has 1 aromatic rings. The Balaban J connectivity index is 1.71. The number of pyridine rings is 1. The van der Waals surface area contributed by atoms with Crippen LogP contribution in [0.25, 0.3) is 0 Å². The van der Waals surface area contributed by atoms with Gasteiger partial charge in [0.05, 0.1) is 6.20 Å². The third-order valence-electron chi connectivity index (χ3n) is 5.13. The summed E-state index contributed by atoms with van der Waals surface area (Å²) in [6, 6.07) is 2.78. The van der Waals surface area contributed by atoms with Crippen LogP contribution in [0, 0.1) is 17.7 Å². The van der Waals surface area contributed by atoms with E-state index in [1.54, 1.807) is 12.3 Å². The molecule has 1 aliphatic heterocycles. The summed E-state index contributed by atoms with van der Waals surface area (Å²) in [5, 5.41) is 3.74. The van der Waals surface area contributed by atoms with Crippen LogP contribution in [0.3, 0.4) is 0 Å². The zero-order valence-corrected chi connectivity index (χ0v) is 13.1. The van der Waals surface area contributed by atoms with E-state index in [1.165, 1.54) is 25.5 Å². The summed E-state index contributed by atoms with van der Waals surface area (Å²) in [7, 11) is 0. The monoisotopic (exact) mass is 291 g/mol. The number of nitrogens with zero attached hydrogens (tertiary/aromatic N) is 2. The van der Waals surface area contributed by atoms with E-state index < -0.39 is 0 Å². The molecule has 0 spiro atoms. The Hall–Kier alpha value is -1.00. The first-order valence-electron chi connectivity index (χ1n) is 8.24. The molecule has 0 bridgehead atoms. The first kappa shape index (κ1) is 14.9. The molecular weight excluding hydrogens is 265 g/mol. The smallest absolute Gasteiger partial charge is 0.141 e. The highest BCUT2D eigenvalue weighted by Crippen LogP contribution is 2.37. The van der Waals surface area contributed by atoms with E-state index in [-0.39, 0.29) is 5.82 Å². The van der Waals surface area contributed by atoms with Gasteiger partial charge in [-0.05, 0) is 36.3 Å². The van der Waals surface area contributed by atoms with E-state index >= 15 is 0 Å². The van der Waals surface area contributed by atoms with Gasteiger partial charge in [-0.25, -0.2) is 4.39 Å².